The molecule has 1 aromatic rings. The molecule has 1 N–H and O–H groups in total. The summed E-state index contributed by atoms with van der Waals surface area (Å²) in [6.07, 6.45) is 0.0839. The highest BCUT2D eigenvalue weighted by Crippen LogP contribution is 2.30. The van der Waals surface area contributed by atoms with Gasteiger partial charge in [0.2, 0.25) is 0 Å². The van der Waals surface area contributed by atoms with Crippen LogP contribution in [0.5, 0.6) is 0 Å². The Morgan fingerprint density at radius 3 is 2.48 bits per heavy atom. The Morgan fingerprint density at radius 2 is 1.81 bits per heavy atom. The third kappa shape index (κ3) is 5.80. The molecule has 3 rings (SSSR count). The third-order valence-electron chi connectivity index (χ3n) is 5.23. The zero-order chi connectivity index (χ0) is 19.3. The number of hydrogen-bond donors (Lipinski definition) is 1. The molecule has 4 nitrogen and oxygen atoms in total. The van der Waals surface area contributed by atoms with Crippen LogP contribution in [0.2, 0.25) is 0 Å². The maximum atomic E-state index is 12.7. The highest BCUT2D eigenvalue weighted by atomic mass is 32.1. The van der Waals surface area contributed by atoms with Crippen LogP contribution in [-0.4, -0.2) is 60.3 Å². The molecular weight excluding hydrogens is 375 g/mol. The molecule has 0 saturated carbocycles. The van der Waals surface area contributed by atoms with Crippen LogP contribution in [0.25, 0.3) is 0 Å². The number of nitrogens with zero attached hydrogens (tertiary/aromatic N) is 2. The Balaban J connectivity index is 1.56. The number of rotatable bonds is 4. The average molecular weight is 401 g/mol. The molecule has 150 valence electrons. The van der Waals surface area contributed by atoms with Crippen LogP contribution in [0.1, 0.15) is 31.2 Å². The zero-order valence-corrected chi connectivity index (χ0v) is 16.1. The molecule has 0 unspecified atom stereocenters. The van der Waals surface area contributed by atoms with Gasteiger partial charge in [0, 0.05) is 37.9 Å². The second-order valence-electron chi connectivity index (χ2n) is 7.09. The second-order valence-corrected chi connectivity index (χ2v) is 7.48. The zero-order valence-electron chi connectivity index (χ0n) is 15.3. The standard InChI is InChI=1S/C19H26F3N3OS/c20-19(21,22)15-4-6-16(7-5-15)23-18(27)25-9-2-1-3-17(25)8-10-24-11-13-26-14-12-24/h4-7,17H,1-3,8-14H2,(H,23,27)/t17-/m1/s1. The number of halogens is 3. The summed E-state index contributed by atoms with van der Waals surface area (Å²) in [6, 6.07) is 5.40. The fraction of sp³-hybridized carbons (Fsp3) is 0.632. The number of hydrogen-bond acceptors (Lipinski definition) is 3. The van der Waals surface area contributed by atoms with Crippen LogP contribution in [0, 0.1) is 0 Å². The number of benzene rings is 1. The van der Waals surface area contributed by atoms with Crippen molar-refractivity contribution in [2.24, 2.45) is 0 Å². The highest BCUT2D eigenvalue weighted by Gasteiger charge is 2.30. The molecule has 27 heavy (non-hydrogen) atoms. The first-order valence-corrected chi connectivity index (χ1v) is 9.89. The summed E-state index contributed by atoms with van der Waals surface area (Å²) in [5.41, 5.74) is -0.0640. The first kappa shape index (κ1) is 20.4. The lowest BCUT2D eigenvalue weighted by Crippen LogP contribution is -2.47. The summed E-state index contributed by atoms with van der Waals surface area (Å²) in [5, 5.41) is 3.71. The molecule has 0 radical (unpaired) electrons. The number of morpholine rings is 1. The molecule has 2 heterocycles. The van der Waals surface area contributed by atoms with E-state index in [9.17, 15) is 13.2 Å². The molecule has 0 aromatic heterocycles. The quantitative estimate of drug-likeness (QED) is 0.771. The van der Waals surface area contributed by atoms with Crippen LogP contribution in [-0.2, 0) is 10.9 Å². The van der Waals surface area contributed by atoms with E-state index in [1.165, 1.54) is 18.6 Å². The molecule has 2 aliphatic heterocycles. The van der Waals surface area contributed by atoms with E-state index < -0.39 is 11.7 Å². The molecule has 1 aromatic carbocycles. The Kier molecular flexibility index (Phi) is 6.94. The number of anilines is 1. The van der Waals surface area contributed by atoms with Crippen LogP contribution in [0.15, 0.2) is 24.3 Å². The number of nitrogens with one attached hydrogen (secondary N) is 1. The van der Waals surface area contributed by atoms with Crippen LogP contribution >= 0.6 is 12.2 Å². The third-order valence-corrected chi connectivity index (χ3v) is 5.57. The number of piperidine rings is 1. The number of likely N-dealkylation sites (tertiary alicyclic amines) is 1. The van der Waals surface area contributed by atoms with Gasteiger partial charge in [0.25, 0.3) is 0 Å². The van der Waals surface area contributed by atoms with Crippen molar-refractivity contribution in [1.82, 2.24) is 9.80 Å². The van der Waals surface area contributed by atoms with Crippen molar-refractivity contribution >= 4 is 23.0 Å². The Morgan fingerprint density at radius 1 is 1.11 bits per heavy atom. The normalized spacial score (nSPS) is 21.9. The van der Waals surface area contributed by atoms with Gasteiger partial charge in [-0.05, 0) is 62.2 Å². The van der Waals surface area contributed by atoms with E-state index in [1.807, 2.05) is 0 Å². The predicted molar refractivity (Wildman–Crippen MR) is 104 cm³/mol. The van der Waals surface area contributed by atoms with Crippen molar-refractivity contribution < 1.29 is 17.9 Å². The largest absolute Gasteiger partial charge is 0.416 e. The monoisotopic (exact) mass is 401 g/mol. The average Bonchev–Trinajstić information content (AvgIpc) is 2.67. The Labute approximate surface area is 163 Å². The van der Waals surface area contributed by atoms with Crippen molar-refractivity contribution in [2.45, 2.75) is 37.9 Å². The van der Waals surface area contributed by atoms with Gasteiger partial charge in [0.05, 0.1) is 18.8 Å². The molecule has 1 atom stereocenters. The minimum Gasteiger partial charge on any atom is -0.379 e. The molecule has 0 bridgehead atoms. The number of alkyl halides is 3. The minimum absolute atomic E-state index is 0.371. The fourth-order valence-electron chi connectivity index (χ4n) is 3.66. The van der Waals surface area contributed by atoms with Gasteiger partial charge < -0.3 is 15.0 Å². The van der Waals surface area contributed by atoms with Gasteiger partial charge in [0.1, 0.15) is 0 Å². The summed E-state index contributed by atoms with van der Waals surface area (Å²) >= 11 is 5.57. The van der Waals surface area contributed by atoms with Gasteiger partial charge in [0.15, 0.2) is 5.11 Å². The summed E-state index contributed by atoms with van der Waals surface area (Å²) < 4.78 is 43.5. The fourth-order valence-corrected chi connectivity index (χ4v) is 4.02. The van der Waals surface area contributed by atoms with E-state index in [0.29, 0.717) is 16.8 Å². The van der Waals surface area contributed by atoms with Gasteiger partial charge >= 0.3 is 6.18 Å². The number of thiocarbonyl (C=S) groups is 1. The molecule has 0 spiro atoms. The molecular formula is C19H26F3N3OS. The van der Waals surface area contributed by atoms with E-state index in [1.54, 1.807) is 0 Å². The first-order valence-electron chi connectivity index (χ1n) is 9.48. The Bertz CT molecular complexity index is 618. The lowest BCUT2D eigenvalue weighted by atomic mass is 9.99. The SMILES string of the molecule is FC(F)(F)c1ccc(NC(=S)N2CCCC[C@@H]2CCN2CCOCC2)cc1. The van der Waals surface area contributed by atoms with Gasteiger partial charge in [-0.1, -0.05) is 0 Å². The number of ether oxygens (including phenoxy) is 1. The van der Waals surface area contributed by atoms with Crippen molar-refractivity contribution in [2.75, 3.05) is 44.7 Å². The second kappa shape index (κ2) is 9.21. The Hall–Kier alpha value is -1.38. The molecule has 2 aliphatic rings. The van der Waals surface area contributed by atoms with Crippen molar-refractivity contribution in [3.05, 3.63) is 29.8 Å². The predicted octanol–water partition coefficient (Wildman–Crippen LogP) is 3.98. The van der Waals surface area contributed by atoms with Gasteiger partial charge in [-0.2, -0.15) is 13.2 Å². The first-order chi connectivity index (χ1) is 12.9. The molecule has 2 saturated heterocycles. The van der Waals surface area contributed by atoms with E-state index in [0.717, 1.165) is 70.8 Å². The molecule has 0 amide bonds. The lowest BCUT2D eigenvalue weighted by Gasteiger charge is -2.39. The van der Waals surface area contributed by atoms with E-state index in [4.69, 9.17) is 17.0 Å². The van der Waals surface area contributed by atoms with Crippen molar-refractivity contribution in [1.29, 1.82) is 0 Å². The lowest BCUT2D eigenvalue weighted by molar-refractivity contribution is -0.137. The highest BCUT2D eigenvalue weighted by molar-refractivity contribution is 7.80. The molecule has 2 fully saturated rings. The maximum Gasteiger partial charge on any atom is 0.416 e. The van der Waals surface area contributed by atoms with Crippen LogP contribution < -0.4 is 5.32 Å². The topological polar surface area (TPSA) is 27.7 Å². The maximum absolute atomic E-state index is 12.7. The summed E-state index contributed by atoms with van der Waals surface area (Å²) in [7, 11) is 0. The van der Waals surface area contributed by atoms with E-state index in [2.05, 4.69) is 15.1 Å². The minimum atomic E-state index is -4.32. The smallest absolute Gasteiger partial charge is 0.379 e. The van der Waals surface area contributed by atoms with Gasteiger partial charge in [-0.25, -0.2) is 0 Å². The van der Waals surface area contributed by atoms with E-state index in [-0.39, 0.29) is 0 Å². The summed E-state index contributed by atoms with van der Waals surface area (Å²) in [6.45, 7) is 5.44. The summed E-state index contributed by atoms with van der Waals surface area (Å²) in [4.78, 5) is 4.62. The van der Waals surface area contributed by atoms with Crippen LogP contribution in [0.4, 0.5) is 18.9 Å². The summed E-state index contributed by atoms with van der Waals surface area (Å²) in [5.74, 6) is 0. The molecule has 8 heteroatoms. The van der Waals surface area contributed by atoms with Crippen molar-refractivity contribution in [3.8, 4) is 0 Å². The van der Waals surface area contributed by atoms with Gasteiger partial charge in [-0.15, -0.1) is 0 Å². The van der Waals surface area contributed by atoms with Crippen LogP contribution in [0.3, 0.4) is 0 Å². The van der Waals surface area contributed by atoms with E-state index >= 15 is 0 Å². The van der Waals surface area contributed by atoms with Crippen molar-refractivity contribution in [3.63, 3.8) is 0 Å². The molecule has 0 aliphatic carbocycles. The van der Waals surface area contributed by atoms with Gasteiger partial charge in [-0.3, -0.25) is 4.90 Å².